The molecule has 1 spiro atoms. The van der Waals surface area contributed by atoms with Crippen LogP contribution < -0.4 is 5.32 Å². The van der Waals surface area contributed by atoms with Crippen LogP contribution in [0.25, 0.3) is 0 Å². The second kappa shape index (κ2) is 13.4. The van der Waals surface area contributed by atoms with E-state index in [2.05, 4.69) is 5.32 Å². The quantitative estimate of drug-likeness (QED) is 0.373. The van der Waals surface area contributed by atoms with Gasteiger partial charge in [-0.2, -0.15) is 13.2 Å². The third kappa shape index (κ3) is 6.05. The van der Waals surface area contributed by atoms with Gasteiger partial charge in [-0.1, -0.05) is 48.9 Å². The van der Waals surface area contributed by atoms with Gasteiger partial charge >= 0.3 is 12.2 Å². The van der Waals surface area contributed by atoms with Gasteiger partial charge < -0.3 is 10.2 Å². The Labute approximate surface area is 285 Å². The smallest absolute Gasteiger partial charge is 0.316 e. The maximum absolute atomic E-state index is 14.6. The van der Waals surface area contributed by atoms with Crippen molar-refractivity contribution in [2.75, 3.05) is 39.0 Å². The number of nitrogens with one attached hydrogen (secondary N) is 1. The number of carbonyl (C=O) groups is 3. The molecule has 4 aliphatic rings. The van der Waals surface area contributed by atoms with Crippen LogP contribution in [0.2, 0.25) is 0 Å². The minimum absolute atomic E-state index is 0. The Hall–Kier alpha value is -3.00. The maximum Gasteiger partial charge on any atom is 0.401 e. The third-order valence-electron chi connectivity index (χ3n) is 11.0. The van der Waals surface area contributed by atoms with Gasteiger partial charge in [0.15, 0.2) is 15.6 Å². The van der Waals surface area contributed by atoms with Crippen LogP contribution >= 0.6 is 12.4 Å². The zero-order chi connectivity index (χ0) is 33.8. The number of alkyl halides is 3. The molecule has 1 saturated carbocycles. The first kappa shape index (κ1) is 36.3. The Morgan fingerprint density at radius 3 is 2.12 bits per heavy atom. The molecule has 3 heterocycles. The molecule has 1 N–H and O–H groups in total. The molecule has 0 aromatic heterocycles. The lowest BCUT2D eigenvalue weighted by Gasteiger charge is -2.50. The number of hydrogen-bond acceptors (Lipinski definition) is 7. The van der Waals surface area contributed by atoms with Crippen LogP contribution in [0.1, 0.15) is 56.1 Å². The van der Waals surface area contributed by atoms with Crippen LogP contribution in [0.15, 0.2) is 59.5 Å². The number of amides is 3. The van der Waals surface area contributed by atoms with Gasteiger partial charge in [0.1, 0.15) is 11.0 Å². The minimum Gasteiger partial charge on any atom is -0.316 e. The highest BCUT2D eigenvalue weighted by Crippen LogP contribution is 2.56. The molecule has 3 atom stereocenters. The van der Waals surface area contributed by atoms with E-state index in [1.54, 1.807) is 24.0 Å². The lowest BCUT2D eigenvalue weighted by atomic mass is 9.61. The molecule has 0 radical (unpaired) electrons. The third-order valence-corrected chi connectivity index (χ3v) is 12.2. The van der Waals surface area contributed by atoms with Gasteiger partial charge in [0, 0.05) is 50.8 Å². The topological polar surface area (TPSA) is 107 Å². The summed E-state index contributed by atoms with van der Waals surface area (Å²) in [4.78, 5) is 46.7. The van der Waals surface area contributed by atoms with Crippen molar-refractivity contribution in [3.8, 4) is 0 Å². The molecule has 0 bridgehead atoms. The number of carbonyl (C=O) groups excluding carboxylic acids is 3. The molecule has 2 aromatic carbocycles. The fourth-order valence-corrected chi connectivity index (χ4v) is 8.88. The van der Waals surface area contributed by atoms with Crippen LogP contribution in [0.3, 0.4) is 0 Å². The van der Waals surface area contributed by atoms with Crippen molar-refractivity contribution >= 4 is 40.0 Å². The summed E-state index contributed by atoms with van der Waals surface area (Å²) in [5, 5.41) is 3.33. The molecular formula is C34H42ClF3N4O5S. The van der Waals surface area contributed by atoms with E-state index in [1.165, 1.54) is 17.0 Å². The van der Waals surface area contributed by atoms with Gasteiger partial charge in [0.25, 0.3) is 5.91 Å². The zero-order valence-corrected chi connectivity index (χ0v) is 28.7. The first-order chi connectivity index (χ1) is 22.2. The molecule has 9 nitrogen and oxygen atoms in total. The highest BCUT2D eigenvalue weighted by Gasteiger charge is 2.66. The zero-order valence-electron chi connectivity index (χ0n) is 27.0. The monoisotopic (exact) mass is 710 g/mol. The van der Waals surface area contributed by atoms with E-state index < -0.39 is 50.7 Å². The molecule has 3 aliphatic heterocycles. The Bertz CT molecular complexity index is 1630. The number of imide groups is 1. The van der Waals surface area contributed by atoms with Crippen LogP contribution in [0.4, 0.5) is 18.0 Å². The van der Waals surface area contributed by atoms with Gasteiger partial charge in [-0.05, 0) is 55.9 Å². The fraction of sp³-hybridized carbons (Fsp3) is 0.559. The number of piperidine rings is 1. The Morgan fingerprint density at radius 2 is 1.60 bits per heavy atom. The predicted octanol–water partition coefficient (Wildman–Crippen LogP) is 4.80. The van der Waals surface area contributed by atoms with Crippen LogP contribution in [0.5, 0.6) is 0 Å². The first-order valence-electron chi connectivity index (χ1n) is 16.3. The average molecular weight is 711 g/mol. The fourth-order valence-electron chi connectivity index (χ4n) is 8.25. The Kier molecular flexibility index (Phi) is 10.1. The van der Waals surface area contributed by atoms with Crippen molar-refractivity contribution in [3.63, 3.8) is 0 Å². The van der Waals surface area contributed by atoms with Crippen molar-refractivity contribution in [2.45, 2.75) is 74.1 Å². The Morgan fingerprint density at radius 1 is 0.979 bits per heavy atom. The molecule has 14 heteroatoms. The lowest BCUT2D eigenvalue weighted by Crippen LogP contribution is -2.64. The largest absolute Gasteiger partial charge is 0.401 e. The molecule has 48 heavy (non-hydrogen) atoms. The molecule has 2 aromatic rings. The van der Waals surface area contributed by atoms with Gasteiger partial charge in [-0.25, -0.2) is 13.2 Å². The molecular weight excluding hydrogens is 669 g/mol. The van der Waals surface area contributed by atoms with Gasteiger partial charge in [0.2, 0.25) is 0 Å². The van der Waals surface area contributed by atoms with E-state index in [4.69, 9.17) is 0 Å². The molecule has 1 unspecified atom stereocenters. The van der Waals surface area contributed by atoms with Crippen LogP contribution in [-0.4, -0.2) is 97.6 Å². The number of likely N-dealkylation sites (N-methyl/N-ethyl adjacent to an activating group) is 1. The average Bonchev–Trinajstić information content (AvgIpc) is 3.55. The SMILES string of the molecule is CCN1C(=O)N(Cc2ccc(S(C)(=O)=O)cc2)C(=O)C12CCN(C(C(=O)C1(C(F)(F)F)CCC1)[C@@H]1CNC[C@@H]1c1ccccc1)CC2.Cl. The molecule has 3 amide bonds. The number of ketones is 1. The molecule has 262 valence electrons. The number of benzene rings is 2. The molecule has 1 aliphatic carbocycles. The first-order valence-corrected chi connectivity index (χ1v) is 18.2. The number of hydrogen-bond donors (Lipinski definition) is 1. The van der Waals surface area contributed by atoms with E-state index in [1.807, 2.05) is 35.2 Å². The second-order valence-electron chi connectivity index (χ2n) is 13.5. The van der Waals surface area contributed by atoms with Gasteiger partial charge in [0.05, 0.1) is 17.5 Å². The van der Waals surface area contributed by atoms with Crippen molar-refractivity contribution in [3.05, 3.63) is 65.7 Å². The summed E-state index contributed by atoms with van der Waals surface area (Å²) in [6.07, 6.45) is -3.25. The Balaban J connectivity index is 0.00000451. The second-order valence-corrected chi connectivity index (χ2v) is 15.5. The summed E-state index contributed by atoms with van der Waals surface area (Å²) >= 11 is 0. The van der Waals surface area contributed by atoms with Crippen LogP contribution in [-0.2, 0) is 26.0 Å². The predicted molar refractivity (Wildman–Crippen MR) is 175 cm³/mol. The van der Waals surface area contributed by atoms with E-state index in [0.717, 1.165) is 11.8 Å². The number of urea groups is 1. The normalized spacial score (nSPS) is 24.8. The summed E-state index contributed by atoms with van der Waals surface area (Å²) < 4.78 is 67.6. The van der Waals surface area contributed by atoms with Crippen molar-refractivity contribution < 1.29 is 36.0 Å². The lowest BCUT2D eigenvalue weighted by molar-refractivity contribution is -0.245. The number of rotatable bonds is 9. The van der Waals surface area contributed by atoms with E-state index in [0.29, 0.717) is 25.1 Å². The van der Waals surface area contributed by atoms with Crippen molar-refractivity contribution in [2.24, 2.45) is 11.3 Å². The molecule has 3 saturated heterocycles. The van der Waals surface area contributed by atoms with Crippen molar-refractivity contribution in [1.29, 1.82) is 0 Å². The standard InChI is InChI=1S/C34H41F3N4O5S.ClH/c1-3-41-31(44)40(22-23-10-12-25(13-11-23)47(2,45)46)30(43)33(41)16-18-39(19-17-33)28(29(42)32(14-7-15-32)34(35,36)37)27-21-38-20-26(27)24-8-5-4-6-9-24;/h4-6,8-13,26-28,38H,3,7,14-22H2,1-2H3;1H/t26-,27-,28?;/m1./s1. The van der Waals surface area contributed by atoms with Crippen molar-refractivity contribution in [1.82, 2.24) is 20.0 Å². The summed E-state index contributed by atoms with van der Waals surface area (Å²) in [5.74, 6) is -1.71. The highest BCUT2D eigenvalue weighted by atomic mass is 35.5. The number of likely N-dealkylation sites (tertiary alicyclic amines) is 1. The van der Waals surface area contributed by atoms with Gasteiger partial charge in [-0.15, -0.1) is 12.4 Å². The summed E-state index contributed by atoms with van der Waals surface area (Å²) in [6, 6.07) is 14.1. The van der Waals surface area contributed by atoms with E-state index >= 15 is 0 Å². The number of halogens is 4. The highest BCUT2D eigenvalue weighted by molar-refractivity contribution is 7.90. The molecule has 6 rings (SSSR count). The summed E-state index contributed by atoms with van der Waals surface area (Å²) in [6.45, 7) is 3.33. The summed E-state index contributed by atoms with van der Waals surface area (Å²) in [5.41, 5.74) is -1.98. The number of sulfone groups is 1. The number of nitrogens with zero attached hydrogens (tertiary/aromatic N) is 3. The van der Waals surface area contributed by atoms with Crippen LogP contribution in [0, 0.1) is 11.3 Å². The minimum atomic E-state index is -4.65. The molecule has 4 fully saturated rings. The van der Waals surface area contributed by atoms with E-state index in [-0.39, 0.29) is 81.0 Å². The number of Topliss-reactive ketones (excluding diaryl/α,β-unsaturated/α-hetero) is 1. The van der Waals surface area contributed by atoms with E-state index in [9.17, 15) is 36.0 Å². The maximum atomic E-state index is 14.6. The summed E-state index contributed by atoms with van der Waals surface area (Å²) in [7, 11) is -3.41. The van der Waals surface area contributed by atoms with Gasteiger partial charge in [-0.3, -0.25) is 19.4 Å².